The van der Waals surface area contributed by atoms with Crippen molar-refractivity contribution in [1.29, 1.82) is 0 Å². The SMILES string of the molecule is CO[C@@H]1CCN(C(=O)CNC(C)=O)C1. The average Bonchev–Trinajstić information content (AvgIpc) is 2.62. The third kappa shape index (κ3) is 2.99. The number of nitrogens with zero attached hydrogens (tertiary/aromatic N) is 1. The molecule has 1 aliphatic heterocycles. The first kappa shape index (κ1) is 11.0. The standard InChI is InChI=1S/C9H16N2O3/c1-7(12)10-5-9(13)11-4-3-8(6-11)14-2/h8H,3-6H2,1-2H3,(H,10,12)/t8-/m1/s1. The van der Waals surface area contributed by atoms with Crippen molar-refractivity contribution in [2.45, 2.75) is 19.4 Å². The van der Waals surface area contributed by atoms with Gasteiger partial charge in [0.05, 0.1) is 12.6 Å². The van der Waals surface area contributed by atoms with Crippen molar-refractivity contribution in [2.75, 3.05) is 26.7 Å². The Kier molecular flexibility index (Phi) is 3.88. The maximum Gasteiger partial charge on any atom is 0.242 e. The van der Waals surface area contributed by atoms with Gasteiger partial charge in [-0.1, -0.05) is 0 Å². The van der Waals surface area contributed by atoms with Crippen LogP contribution in [0.2, 0.25) is 0 Å². The average molecular weight is 200 g/mol. The lowest BCUT2D eigenvalue weighted by molar-refractivity contribution is -0.131. The second kappa shape index (κ2) is 4.95. The minimum absolute atomic E-state index is 0.0419. The Hall–Kier alpha value is -1.10. The van der Waals surface area contributed by atoms with Crippen LogP contribution < -0.4 is 5.32 Å². The molecule has 1 heterocycles. The number of amides is 2. The van der Waals surface area contributed by atoms with Gasteiger partial charge in [-0.3, -0.25) is 9.59 Å². The zero-order valence-electron chi connectivity index (χ0n) is 8.58. The highest BCUT2D eigenvalue weighted by Gasteiger charge is 2.25. The van der Waals surface area contributed by atoms with Gasteiger partial charge in [-0.05, 0) is 6.42 Å². The van der Waals surface area contributed by atoms with Crippen LogP contribution in [0.15, 0.2) is 0 Å². The van der Waals surface area contributed by atoms with Gasteiger partial charge in [0.15, 0.2) is 0 Å². The van der Waals surface area contributed by atoms with E-state index in [2.05, 4.69) is 5.32 Å². The Labute approximate surface area is 83.4 Å². The Morgan fingerprint density at radius 3 is 2.79 bits per heavy atom. The maximum absolute atomic E-state index is 11.5. The molecular formula is C9H16N2O3. The quantitative estimate of drug-likeness (QED) is 0.660. The monoisotopic (exact) mass is 200 g/mol. The molecule has 0 aromatic rings. The predicted molar refractivity (Wildman–Crippen MR) is 50.7 cm³/mol. The van der Waals surface area contributed by atoms with E-state index in [-0.39, 0.29) is 24.5 Å². The molecule has 0 aromatic heterocycles. The van der Waals surface area contributed by atoms with Gasteiger partial charge in [0.2, 0.25) is 11.8 Å². The van der Waals surface area contributed by atoms with Crippen LogP contribution in [-0.2, 0) is 14.3 Å². The van der Waals surface area contributed by atoms with Crippen LogP contribution in [0, 0.1) is 0 Å². The van der Waals surface area contributed by atoms with E-state index in [1.807, 2.05) is 0 Å². The highest BCUT2D eigenvalue weighted by Crippen LogP contribution is 2.11. The smallest absolute Gasteiger partial charge is 0.242 e. The molecule has 1 aliphatic rings. The third-order valence-electron chi connectivity index (χ3n) is 2.32. The zero-order chi connectivity index (χ0) is 10.6. The molecule has 5 nitrogen and oxygen atoms in total. The van der Waals surface area contributed by atoms with E-state index in [0.29, 0.717) is 6.54 Å². The Morgan fingerprint density at radius 2 is 2.29 bits per heavy atom. The molecule has 1 atom stereocenters. The summed E-state index contributed by atoms with van der Waals surface area (Å²) in [6.07, 6.45) is 1.03. The van der Waals surface area contributed by atoms with Gasteiger partial charge < -0.3 is 15.0 Å². The molecule has 0 saturated carbocycles. The molecular weight excluding hydrogens is 184 g/mol. The second-order valence-corrected chi connectivity index (χ2v) is 3.40. The molecule has 0 aliphatic carbocycles. The molecule has 1 N–H and O–H groups in total. The Morgan fingerprint density at radius 1 is 1.57 bits per heavy atom. The number of methoxy groups -OCH3 is 1. The van der Waals surface area contributed by atoms with Crippen molar-refractivity contribution >= 4 is 11.8 Å². The van der Waals surface area contributed by atoms with E-state index < -0.39 is 0 Å². The molecule has 80 valence electrons. The summed E-state index contributed by atoms with van der Waals surface area (Å²) in [5.41, 5.74) is 0. The first-order chi connectivity index (χ1) is 6.63. The van der Waals surface area contributed by atoms with Crippen LogP contribution in [-0.4, -0.2) is 49.6 Å². The van der Waals surface area contributed by atoms with Crippen LogP contribution in [0.3, 0.4) is 0 Å². The van der Waals surface area contributed by atoms with Crippen molar-refractivity contribution in [2.24, 2.45) is 0 Å². The number of hydrogen-bond donors (Lipinski definition) is 1. The summed E-state index contributed by atoms with van der Waals surface area (Å²) in [7, 11) is 1.65. The number of carbonyl (C=O) groups is 2. The van der Waals surface area contributed by atoms with Gasteiger partial charge in [-0.2, -0.15) is 0 Å². The van der Waals surface area contributed by atoms with E-state index in [9.17, 15) is 9.59 Å². The fourth-order valence-electron chi connectivity index (χ4n) is 1.46. The molecule has 0 bridgehead atoms. The van der Waals surface area contributed by atoms with Crippen molar-refractivity contribution in [1.82, 2.24) is 10.2 Å². The predicted octanol–water partition coefficient (Wildman–Crippen LogP) is -0.630. The molecule has 0 spiro atoms. The number of ether oxygens (including phenoxy) is 1. The van der Waals surface area contributed by atoms with Gasteiger partial charge in [0.1, 0.15) is 0 Å². The van der Waals surface area contributed by atoms with Crippen molar-refractivity contribution in [3.05, 3.63) is 0 Å². The van der Waals surface area contributed by atoms with Gasteiger partial charge in [0, 0.05) is 27.1 Å². The highest BCUT2D eigenvalue weighted by molar-refractivity contribution is 5.83. The van der Waals surface area contributed by atoms with E-state index >= 15 is 0 Å². The molecule has 0 radical (unpaired) electrons. The van der Waals surface area contributed by atoms with Gasteiger partial charge >= 0.3 is 0 Å². The van der Waals surface area contributed by atoms with Crippen molar-refractivity contribution < 1.29 is 14.3 Å². The summed E-state index contributed by atoms with van der Waals surface area (Å²) in [4.78, 5) is 23.8. The first-order valence-corrected chi connectivity index (χ1v) is 4.68. The summed E-state index contributed by atoms with van der Waals surface area (Å²) >= 11 is 0. The number of likely N-dealkylation sites (tertiary alicyclic amines) is 1. The van der Waals surface area contributed by atoms with E-state index in [1.54, 1.807) is 12.0 Å². The molecule has 14 heavy (non-hydrogen) atoms. The van der Waals surface area contributed by atoms with E-state index in [1.165, 1.54) is 6.92 Å². The summed E-state index contributed by atoms with van der Waals surface area (Å²) in [6.45, 7) is 2.84. The Bertz CT molecular complexity index is 230. The summed E-state index contributed by atoms with van der Waals surface area (Å²) < 4.78 is 5.14. The minimum atomic E-state index is -0.180. The fraction of sp³-hybridized carbons (Fsp3) is 0.778. The molecule has 1 fully saturated rings. The third-order valence-corrected chi connectivity index (χ3v) is 2.32. The molecule has 0 aromatic carbocycles. The van der Waals surface area contributed by atoms with Gasteiger partial charge in [-0.25, -0.2) is 0 Å². The topological polar surface area (TPSA) is 58.6 Å². The molecule has 5 heteroatoms. The number of hydrogen-bond acceptors (Lipinski definition) is 3. The largest absolute Gasteiger partial charge is 0.380 e. The first-order valence-electron chi connectivity index (χ1n) is 4.68. The maximum atomic E-state index is 11.5. The highest BCUT2D eigenvalue weighted by atomic mass is 16.5. The van der Waals surface area contributed by atoms with Crippen LogP contribution in [0.5, 0.6) is 0 Å². The van der Waals surface area contributed by atoms with Gasteiger partial charge in [-0.15, -0.1) is 0 Å². The molecule has 1 saturated heterocycles. The number of carbonyl (C=O) groups excluding carboxylic acids is 2. The zero-order valence-corrected chi connectivity index (χ0v) is 8.58. The fourth-order valence-corrected chi connectivity index (χ4v) is 1.46. The summed E-state index contributed by atoms with van der Waals surface area (Å²) in [5, 5.41) is 2.48. The second-order valence-electron chi connectivity index (χ2n) is 3.40. The van der Waals surface area contributed by atoms with Gasteiger partial charge in [0.25, 0.3) is 0 Å². The summed E-state index contributed by atoms with van der Waals surface area (Å²) in [5.74, 6) is -0.222. The minimum Gasteiger partial charge on any atom is -0.380 e. The molecule has 2 amide bonds. The number of rotatable bonds is 3. The lowest BCUT2D eigenvalue weighted by Crippen LogP contribution is -2.38. The van der Waals surface area contributed by atoms with E-state index in [0.717, 1.165) is 13.0 Å². The van der Waals surface area contributed by atoms with Crippen molar-refractivity contribution in [3.63, 3.8) is 0 Å². The van der Waals surface area contributed by atoms with Crippen molar-refractivity contribution in [3.8, 4) is 0 Å². The van der Waals surface area contributed by atoms with Crippen LogP contribution >= 0.6 is 0 Å². The van der Waals surface area contributed by atoms with Crippen LogP contribution in [0.25, 0.3) is 0 Å². The van der Waals surface area contributed by atoms with Crippen LogP contribution in [0.1, 0.15) is 13.3 Å². The van der Waals surface area contributed by atoms with Crippen LogP contribution in [0.4, 0.5) is 0 Å². The molecule has 1 rings (SSSR count). The lowest BCUT2D eigenvalue weighted by Gasteiger charge is -2.15. The summed E-state index contributed by atoms with van der Waals surface area (Å²) in [6, 6.07) is 0. The number of nitrogens with one attached hydrogen (secondary N) is 1. The molecule has 0 unspecified atom stereocenters. The van der Waals surface area contributed by atoms with E-state index in [4.69, 9.17) is 4.74 Å². The Balaban J connectivity index is 2.28. The normalized spacial score (nSPS) is 21.0. The lowest BCUT2D eigenvalue weighted by atomic mass is 10.3.